The normalized spacial score (nSPS) is 16.8. The molecule has 1 fully saturated rings. The van der Waals surface area contributed by atoms with Gasteiger partial charge in [-0.3, -0.25) is 4.79 Å². The molecule has 9 heteroatoms. The summed E-state index contributed by atoms with van der Waals surface area (Å²) >= 11 is 6.24. The molecule has 1 aliphatic rings. The topological polar surface area (TPSA) is 92.8 Å². The molecular formula is C24H29ClN2O5S. The van der Waals surface area contributed by atoms with Gasteiger partial charge in [-0.1, -0.05) is 41.9 Å². The maximum Gasteiger partial charge on any atom is 0.338 e. The molecule has 2 aromatic carbocycles. The van der Waals surface area contributed by atoms with E-state index >= 15 is 0 Å². The minimum absolute atomic E-state index is 0.0530. The van der Waals surface area contributed by atoms with Gasteiger partial charge < -0.3 is 10.1 Å². The highest BCUT2D eigenvalue weighted by molar-refractivity contribution is 7.89. The minimum Gasteiger partial charge on any atom is -0.462 e. The zero-order chi connectivity index (χ0) is 23.8. The van der Waals surface area contributed by atoms with E-state index in [1.165, 1.54) is 16.4 Å². The van der Waals surface area contributed by atoms with Crippen LogP contribution in [0.3, 0.4) is 0 Å². The Hall–Kier alpha value is -2.42. The van der Waals surface area contributed by atoms with Crippen molar-refractivity contribution in [2.75, 3.05) is 30.8 Å². The number of benzene rings is 2. The molecule has 33 heavy (non-hydrogen) atoms. The summed E-state index contributed by atoms with van der Waals surface area (Å²) in [5.74, 6) is -1.19. The first kappa shape index (κ1) is 25.2. The van der Waals surface area contributed by atoms with Gasteiger partial charge in [-0.25, -0.2) is 17.5 Å². The smallest absolute Gasteiger partial charge is 0.338 e. The molecule has 0 aliphatic carbocycles. The number of hydrogen-bond donors (Lipinski definition) is 1. The number of nitrogens with one attached hydrogen (secondary N) is 1. The molecule has 0 bridgehead atoms. The molecule has 1 saturated heterocycles. The van der Waals surface area contributed by atoms with E-state index in [0.717, 1.165) is 5.56 Å². The van der Waals surface area contributed by atoms with Crippen LogP contribution in [0.4, 0.5) is 5.69 Å². The van der Waals surface area contributed by atoms with Crippen molar-refractivity contribution in [2.24, 2.45) is 5.92 Å². The third-order valence-electron chi connectivity index (χ3n) is 5.60. The highest BCUT2D eigenvalue weighted by Crippen LogP contribution is 2.26. The van der Waals surface area contributed by atoms with Gasteiger partial charge in [0.25, 0.3) is 0 Å². The molecule has 178 valence electrons. The number of esters is 1. The minimum atomic E-state index is -3.45. The quantitative estimate of drug-likeness (QED) is 0.531. The lowest BCUT2D eigenvalue weighted by Crippen LogP contribution is -2.44. The van der Waals surface area contributed by atoms with Crippen LogP contribution in [-0.4, -0.2) is 50.0 Å². The van der Waals surface area contributed by atoms with E-state index in [-0.39, 0.29) is 29.8 Å². The maximum atomic E-state index is 12.8. The number of anilines is 1. The summed E-state index contributed by atoms with van der Waals surface area (Å²) < 4.78 is 32.1. The monoisotopic (exact) mass is 492 g/mol. The largest absolute Gasteiger partial charge is 0.462 e. The van der Waals surface area contributed by atoms with E-state index in [4.69, 9.17) is 16.3 Å². The van der Waals surface area contributed by atoms with Crippen molar-refractivity contribution < 1.29 is 22.7 Å². The fourth-order valence-electron chi connectivity index (χ4n) is 3.83. The second-order valence-corrected chi connectivity index (χ2v) is 10.5. The Kier molecular flexibility index (Phi) is 8.88. The number of piperidine rings is 1. The standard InChI is InChI=1S/C24H29ClN2O5S/c1-2-32-24(29)19-12-13-22(21(25)16-19)26-23(28)20-11-6-14-27(17-20)33(30,31)15-7-10-18-8-4-3-5-9-18/h3-5,8-9,12-13,16,20H,2,6-7,10-11,14-15,17H2,1H3,(H,26,28)/t20-/m0/s1. The van der Waals surface area contributed by atoms with Crippen molar-refractivity contribution in [3.63, 3.8) is 0 Å². The summed E-state index contributed by atoms with van der Waals surface area (Å²) in [6.07, 6.45) is 2.44. The third-order valence-corrected chi connectivity index (χ3v) is 7.83. The Morgan fingerprint density at radius 3 is 2.64 bits per heavy atom. The molecule has 2 aromatic rings. The summed E-state index contributed by atoms with van der Waals surface area (Å²) in [5.41, 5.74) is 1.78. The van der Waals surface area contributed by atoms with Crippen LogP contribution < -0.4 is 5.32 Å². The van der Waals surface area contributed by atoms with Gasteiger partial charge in [0.2, 0.25) is 15.9 Å². The number of rotatable bonds is 9. The summed E-state index contributed by atoms with van der Waals surface area (Å²) in [5, 5.41) is 2.99. The van der Waals surface area contributed by atoms with Gasteiger partial charge in [0.1, 0.15) is 0 Å². The van der Waals surface area contributed by atoms with E-state index < -0.39 is 21.9 Å². The van der Waals surface area contributed by atoms with E-state index in [9.17, 15) is 18.0 Å². The van der Waals surface area contributed by atoms with Crippen LogP contribution in [-0.2, 0) is 26.0 Å². The van der Waals surface area contributed by atoms with Crippen LogP contribution >= 0.6 is 11.6 Å². The number of nitrogens with zero attached hydrogens (tertiary/aromatic N) is 1. The first-order valence-corrected chi connectivity index (χ1v) is 13.1. The Bertz CT molecular complexity index is 1080. The molecule has 1 N–H and O–H groups in total. The average Bonchev–Trinajstić information content (AvgIpc) is 2.81. The van der Waals surface area contributed by atoms with Gasteiger partial charge in [-0.2, -0.15) is 0 Å². The number of halogens is 1. The van der Waals surface area contributed by atoms with E-state index in [0.29, 0.717) is 43.5 Å². The molecule has 7 nitrogen and oxygen atoms in total. The van der Waals surface area contributed by atoms with Crippen LogP contribution in [0, 0.1) is 5.92 Å². The maximum absolute atomic E-state index is 12.8. The predicted molar refractivity (Wildman–Crippen MR) is 129 cm³/mol. The van der Waals surface area contributed by atoms with Crippen LogP contribution in [0.5, 0.6) is 0 Å². The van der Waals surface area contributed by atoms with Gasteiger partial charge >= 0.3 is 5.97 Å². The number of amides is 1. The molecule has 1 atom stereocenters. The first-order chi connectivity index (χ1) is 15.8. The van der Waals surface area contributed by atoms with Crippen LogP contribution in [0.2, 0.25) is 5.02 Å². The number of hydrogen-bond acceptors (Lipinski definition) is 5. The van der Waals surface area contributed by atoms with Crippen molar-refractivity contribution >= 4 is 39.2 Å². The second-order valence-electron chi connectivity index (χ2n) is 8.01. The lowest BCUT2D eigenvalue weighted by molar-refractivity contribution is -0.120. The number of sulfonamides is 1. The number of carbonyl (C=O) groups excluding carboxylic acids is 2. The summed E-state index contributed by atoms with van der Waals surface area (Å²) in [6.45, 7) is 2.54. The molecule has 0 saturated carbocycles. The van der Waals surface area contributed by atoms with E-state index in [1.54, 1.807) is 13.0 Å². The van der Waals surface area contributed by atoms with Crippen LogP contribution in [0.25, 0.3) is 0 Å². The first-order valence-electron chi connectivity index (χ1n) is 11.1. The Morgan fingerprint density at radius 1 is 1.18 bits per heavy atom. The predicted octanol–water partition coefficient (Wildman–Crippen LogP) is 4.13. The van der Waals surface area contributed by atoms with Crippen molar-refractivity contribution in [3.8, 4) is 0 Å². The Labute approximate surface area is 200 Å². The lowest BCUT2D eigenvalue weighted by atomic mass is 9.98. The molecule has 0 spiro atoms. The van der Waals surface area contributed by atoms with Crippen LogP contribution in [0.15, 0.2) is 48.5 Å². The van der Waals surface area contributed by atoms with Gasteiger partial charge in [-0.05, 0) is 56.4 Å². The van der Waals surface area contributed by atoms with E-state index in [2.05, 4.69) is 5.32 Å². The summed E-state index contributed by atoms with van der Waals surface area (Å²) in [4.78, 5) is 24.7. The fourth-order valence-corrected chi connectivity index (χ4v) is 5.64. The summed E-state index contributed by atoms with van der Waals surface area (Å²) in [6, 6.07) is 14.3. The Balaban J connectivity index is 1.57. The van der Waals surface area contributed by atoms with Crippen molar-refractivity contribution in [3.05, 3.63) is 64.7 Å². The third kappa shape index (κ3) is 7.03. The molecular weight excluding hydrogens is 464 g/mol. The van der Waals surface area contributed by atoms with Gasteiger partial charge in [0, 0.05) is 13.1 Å². The zero-order valence-corrected chi connectivity index (χ0v) is 20.2. The molecule has 3 rings (SSSR count). The Morgan fingerprint density at radius 2 is 1.94 bits per heavy atom. The second kappa shape index (κ2) is 11.6. The molecule has 1 heterocycles. The van der Waals surface area contributed by atoms with Crippen molar-refractivity contribution in [1.29, 1.82) is 0 Å². The number of aryl methyl sites for hydroxylation is 1. The van der Waals surface area contributed by atoms with Crippen molar-refractivity contribution in [2.45, 2.75) is 32.6 Å². The van der Waals surface area contributed by atoms with Crippen LogP contribution in [0.1, 0.15) is 42.1 Å². The highest BCUT2D eigenvalue weighted by atomic mass is 35.5. The molecule has 0 aromatic heterocycles. The average molecular weight is 493 g/mol. The van der Waals surface area contributed by atoms with Gasteiger partial charge in [-0.15, -0.1) is 0 Å². The lowest BCUT2D eigenvalue weighted by Gasteiger charge is -2.31. The highest BCUT2D eigenvalue weighted by Gasteiger charge is 2.32. The zero-order valence-electron chi connectivity index (χ0n) is 18.6. The number of carbonyl (C=O) groups is 2. The van der Waals surface area contributed by atoms with E-state index in [1.807, 2.05) is 30.3 Å². The molecule has 0 unspecified atom stereocenters. The van der Waals surface area contributed by atoms with Gasteiger partial charge in [0.05, 0.1) is 34.6 Å². The molecule has 1 aliphatic heterocycles. The van der Waals surface area contributed by atoms with Crippen molar-refractivity contribution in [1.82, 2.24) is 4.31 Å². The molecule has 1 amide bonds. The molecule has 0 radical (unpaired) electrons. The van der Waals surface area contributed by atoms with Gasteiger partial charge in [0.15, 0.2) is 0 Å². The SMILES string of the molecule is CCOC(=O)c1ccc(NC(=O)[C@H]2CCCN(S(=O)(=O)CCCc3ccccc3)C2)c(Cl)c1. The summed E-state index contributed by atoms with van der Waals surface area (Å²) in [7, 11) is -3.45. The number of ether oxygens (including phenoxy) is 1. The fraction of sp³-hybridized carbons (Fsp3) is 0.417.